The molecule has 0 radical (unpaired) electrons. The molecule has 2 heterocycles. The van der Waals surface area contributed by atoms with Gasteiger partial charge in [-0.1, -0.05) is 17.7 Å². The van der Waals surface area contributed by atoms with Crippen molar-refractivity contribution in [3.05, 3.63) is 69.9 Å². The Morgan fingerprint density at radius 3 is 2.71 bits per heavy atom. The third kappa shape index (κ3) is 3.99. The fourth-order valence-electron chi connectivity index (χ4n) is 2.87. The third-order valence-corrected chi connectivity index (χ3v) is 4.54. The molecule has 1 aromatic carbocycles. The highest BCUT2D eigenvalue weighted by Gasteiger charge is 2.32. The number of methoxy groups -OCH3 is 1. The standard InChI is InChI=1S/C20H19ClFN3O3/c1-4-28-20(26)17-11(2)24-19(16-8-6-13(27-3)10-23-16)25-18(17)14-7-5-12(22)9-15(14)21/h5-10,18H,4H2,1-3H3,(H,24,25). The second-order valence-electron chi connectivity index (χ2n) is 6.01. The Labute approximate surface area is 167 Å². The Hall–Kier alpha value is -2.93. The van der Waals surface area contributed by atoms with E-state index in [4.69, 9.17) is 21.1 Å². The molecular formula is C20H19ClFN3O3. The Morgan fingerprint density at radius 1 is 1.32 bits per heavy atom. The zero-order valence-corrected chi connectivity index (χ0v) is 16.4. The van der Waals surface area contributed by atoms with Crippen molar-refractivity contribution in [2.75, 3.05) is 13.7 Å². The van der Waals surface area contributed by atoms with Gasteiger partial charge in [0.15, 0.2) is 5.84 Å². The Bertz CT molecular complexity index is 958. The lowest BCUT2D eigenvalue weighted by molar-refractivity contribution is -0.138. The highest BCUT2D eigenvalue weighted by molar-refractivity contribution is 6.31. The van der Waals surface area contributed by atoms with Crippen molar-refractivity contribution >= 4 is 23.4 Å². The van der Waals surface area contributed by atoms with E-state index in [9.17, 15) is 9.18 Å². The summed E-state index contributed by atoms with van der Waals surface area (Å²) in [5.74, 6) is 0.0850. The van der Waals surface area contributed by atoms with Gasteiger partial charge < -0.3 is 14.8 Å². The number of carbonyl (C=O) groups excluding carboxylic acids is 1. The second kappa shape index (κ2) is 8.39. The van der Waals surface area contributed by atoms with E-state index < -0.39 is 17.8 Å². The van der Waals surface area contributed by atoms with Crippen LogP contribution in [0, 0.1) is 5.82 Å². The first kappa shape index (κ1) is 19.8. The number of hydrogen-bond acceptors (Lipinski definition) is 6. The van der Waals surface area contributed by atoms with Crippen LogP contribution in [-0.4, -0.2) is 30.5 Å². The molecule has 0 amide bonds. The summed E-state index contributed by atoms with van der Waals surface area (Å²) in [6.07, 6.45) is 1.57. The molecule has 0 bridgehead atoms. The average molecular weight is 404 g/mol. The van der Waals surface area contributed by atoms with Crippen LogP contribution in [-0.2, 0) is 9.53 Å². The van der Waals surface area contributed by atoms with E-state index >= 15 is 0 Å². The Morgan fingerprint density at radius 2 is 2.11 bits per heavy atom. The molecule has 1 aromatic heterocycles. The van der Waals surface area contributed by atoms with Crippen LogP contribution in [0.3, 0.4) is 0 Å². The average Bonchev–Trinajstić information content (AvgIpc) is 2.67. The summed E-state index contributed by atoms with van der Waals surface area (Å²) in [5.41, 5.74) is 1.93. The van der Waals surface area contributed by atoms with Crippen LogP contribution < -0.4 is 10.1 Å². The van der Waals surface area contributed by atoms with Gasteiger partial charge in [-0.3, -0.25) is 4.99 Å². The third-order valence-electron chi connectivity index (χ3n) is 4.21. The van der Waals surface area contributed by atoms with Gasteiger partial charge in [0, 0.05) is 16.3 Å². The van der Waals surface area contributed by atoms with Crippen LogP contribution in [0.4, 0.5) is 4.39 Å². The molecule has 0 saturated heterocycles. The molecule has 0 aliphatic carbocycles. The molecule has 6 nitrogen and oxygen atoms in total. The number of amidine groups is 1. The minimum Gasteiger partial charge on any atom is -0.495 e. The number of nitrogens with zero attached hydrogens (tertiary/aromatic N) is 2. The summed E-state index contributed by atoms with van der Waals surface area (Å²) in [4.78, 5) is 21.5. The smallest absolute Gasteiger partial charge is 0.338 e. The van der Waals surface area contributed by atoms with E-state index in [0.29, 0.717) is 34.1 Å². The van der Waals surface area contributed by atoms with Crippen molar-refractivity contribution in [3.8, 4) is 5.75 Å². The van der Waals surface area contributed by atoms with E-state index in [1.54, 1.807) is 39.3 Å². The predicted molar refractivity (Wildman–Crippen MR) is 104 cm³/mol. The van der Waals surface area contributed by atoms with Crippen molar-refractivity contribution in [2.24, 2.45) is 4.99 Å². The van der Waals surface area contributed by atoms with Crippen molar-refractivity contribution in [1.29, 1.82) is 0 Å². The van der Waals surface area contributed by atoms with Gasteiger partial charge in [0.05, 0.1) is 25.5 Å². The molecule has 28 heavy (non-hydrogen) atoms. The quantitative estimate of drug-likeness (QED) is 0.768. The normalized spacial score (nSPS) is 16.3. The van der Waals surface area contributed by atoms with Crippen molar-refractivity contribution in [3.63, 3.8) is 0 Å². The maximum atomic E-state index is 13.5. The molecule has 2 aromatic rings. The SMILES string of the molecule is CCOC(=O)C1=C(C)NC(c2ccc(OC)cn2)=NC1c1ccc(F)cc1Cl. The van der Waals surface area contributed by atoms with Gasteiger partial charge in [0.1, 0.15) is 23.3 Å². The highest BCUT2D eigenvalue weighted by Crippen LogP contribution is 2.36. The van der Waals surface area contributed by atoms with Gasteiger partial charge in [0.25, 0.3) is 0 Å². The fraction of sp³-hybridized carbons (Fsp3) is 0.250. The number of rotatable bonds is 5. The van der Waals surface area contributed by atoms with Crippen molar-refractivity contribution in [2.45, 2.75) is 19.9 Å². The Balaban J connectivity index is 2.09. The summed E-state index contributed by atoms with van der Waals surface area (Å²) >= 11 is 6.25. The molecule has 8 heteroatoms. The number of esters is 1. The largest absolute Gasteiger partial charge is 0.495 e. The van der Waals surface area contributed by atoms with Crippen LogP contribution >= 0.6 is 11.6 Å². The van der Waals surface area contributed by atoms with E-state index in [1.807, 2.05) is 0 Å². The number of hydrogen-bond donors (Lipinski definition) is 1. The number of ether oxygens (including phenoxy) is 2. The van der Waals surface area contributed by atoms with E-state index in [2.05, 4.69) is 15.3 Å². The zero-order chi connectivity index (χ0) is 20.3. The number of nitrogens with one attached hydrogen (secondary N) is 1. The van der Waals surface area contributed by atoms with E-state index in [0.717, 1.165) is 0 Å². The van der Waals surface area contributed by atoms with Crippen LogP contribution in [0.1, 0.15) is 31.1 Å². The molecule has 3 rings (SSSR count). The zero-order valence-electron chi connectivity index (χ0n) is 15.6. The van der Waals surface area contributed by atoms with Gasteiger partial charge in [-0.25, -0.2) is 14.2 Å². The van der Waals surface area contributed by atoms with Gasteiger partial charge in [-0.2, -0.15) is 0 Å². The van der Waals surface area contributed by atoms with Gasteiger partial charge >= 0.3 is 5.97 Å². The first-order valence-corrected chi connectivity index (χ1v) is 9.00. The molecule has 1 aliphatic rings. The molecule has 0 spiro atoms. The van der Waals surface area contributed by atoms with Crippen LogP contribution in [0.25, 0.3) is 0 Å². The number of halogens is 2. The van der Waals surface area contributed by atoms with Crippen molar-refractivity contribution < 1.29 is 18.7 Å². The maximum absolute atomic E-state index is 13.5. The molecule has 0 saturated carbocycles. The lowest BCUT2D eigenvalue weighted by Crippen LogP contribution is -2.33. The molecule has 146 valence electrons. The number of aliphatic imine (C=N–C) groups is 1. The molecule has 1 atom stereocenters. The summed E-state index contributed by atoms with van der Waals surface area (Å²) in [7, 11) is 1.55. The van der Waals surface area contributed by atoms with Gasteiger partial charge in [0.2, 0.25) is 0 Å². The summed E-state index contributed by atoms with van der Waals surface area (Å²) in [6.45, 7) is 3.69. The molecule has 1 unspecified atom stereocenters. The topological polar surface area (TPSA) is 72.8 Å². The van der Waals surface area contributed by atoms with E-state index in [-0.39, 0.29) is 11.6 Å². The van der Waals surface area contributed by atoms with Crippen LogP contribution in [0.5, 0.6) is 5.75 Å². The lowest BCUT2D eigenvalue weighted by Gasteiger charge is -2.26. The highest BCUT2D eigenvalue weighted by atomic mass is 35.5. The van der Waals surface area contributed by atoms with Crippen LogP contribution in [0.2, 0.25) is 5.02 Å². The number of allylic oxidation sites excluding steroid dienone is 1. The number of aromatic nitrogens is 1. The molecule has 0 fully saturated rings. The Kier molecular flexibility index (Phi) is 5.94. The fourth-order valence-corrected chi connectivity index (χ4v) is 3.14. The minimum atomic E-state index is -0.757. The monoisotopic (exact) mass is 403 g/mol. The molecule has 1 N–H and O–H groups in total. The summed E-state index contributed by atoms with van der Waals surface area (Å²) < 4.78 is 23.8. The minimum absolute atomic E-state index is 0.173. The summed E-state index contributed by atoms with van der Waals surface area (Å²) in [5, 5.41) is 3.27. The number of pyridine rings is 1. The first-order chi connectivity index (χ1) is 13.4. The van der Waals surface area contributed by atoms with Crippen LogP contribution in [0.15, 0.2) is 52.8 Å². The number of benzene rings is 1. The van der Waals surface area contributed by atoms with E-state index in [1.165, 1.54) is 18.2 Å². The second-order valence-corrected chi connectivity index (χ2v) is 6.42. The lowest BCUT2D eigenvalue weighted by atomic mass is 9.95. The van der Waals surface area contributed by atoms with Gasteiger partial charge in [-0.15, -0.1) is 0 Å². The summed E-state index contributed by atoms with van der Waals surface area (Å²) in [6, 6.07) is 6.73. The van der Waals surface area contributed by atoms with Crippen molar-refractivity contribution in [1.82, 2.24) is 10.3 Å². The first-order valence-electron chi connectivity index (χ1n) is 8.62. The molecular weight excluding hydrogens is 385 g/mol. The van der Waals surface area contributed by atoms with Gasteiger partial charge in [-0.05, 0) is 38.1 Å². The predicted octanol–water partition coefficient (Wildman–Crippen LogP) is 3.81. The number of carbonyl (C=O) groups is 1. The molecule has 1 aliphatic heterocycles. The maximum Gasteiger partial charge on any atom is 0.338 e.